The Hall–Kier alpha value is -2.53. The van der Waals surface area contributed by atoms with Crippen molar-refractivity contribution in [3.05, 3.63) is 59.7 Å². The minimum absolute atomic E-state index is 0.0136. The number of rotatable bonds is 5. The number of likely N-dealkylation sites (tertiary alicyclic amines) is 1. The van der Waals surface area contributed by atoms with Crippen molar-refractivity contribution in [1.29, 1.82) is 0 Å². The van der Waals surface area contributed by atoms with E-state index in [4.69, 9.17) is 9.47 Å². The number of amides is 1. The topological polar surface area (TPSA) is 59.0 Å². The van der Waals surface area contributed by atoms with Crippen molar-refractivity contribution in [2.24, 2.45) is 5.92 Å². The van der Waals surface area contributed by atoms with E-state index >= 15 is 0 Å². The fourth-order valence-electron chi connectivity index (χ4n) is 5.28. The first-order valence-electron chi connectivity index (χ1n) is 11.0. The summed E-state index contributed by atoms with van der Waals surface area (Å²) in [5.41, 5.74) is 0.799. The second kappa shape index (κ2) is 8.68. The summed E-state index contributed by atoms with van der Waals surface area (Å²) in [5.74, 6) is 1.29. The number of ether oxygens (including phenoxy) is 2. The van der Waals surface area contributed by atoms with Crippen molar-refractivity contribution in [2.75, 3.05) is 20.3 Å². The van der Waals surface area contributed by atoms with Crippen LogP contribution in [0.4, 0.5) is 0 Å². The van der Waals surface area contributed by atoms with Gasteiger partial charge in [0.2, 0.25) is 0 Å². The monoisotopic (exact) mass is 409 g/mol. The number of para-hydroxylation sites is 2. The molecular formula is C25H31NO4. The molecule has 5 heteroatoms. The van der Waals surface area contributed by atoms with Crippen LogP contribution in [0.25, 0.3) is 0 Å². The van der Waals surface area contributed by atoms with Gasteiger partial charge in [-0.15, -0.1) is 0 Å². The average molecular weight is 410 g/mol. The van der Waals surface area contributed by atoms with E-state index < -0.39 is 5.60 Å². The number of methoxy groups -OCH3 is 1. The molecule has 0 aromatic heterocycles. The number of nitrogens with zero attached hydrogens (tertiary/aromatic N) is 1. The molecular weight excluding hydrogens is 378 g/mol. The summed E-state index contributed by atoms with van der Waals surface area (Å²) in [6.45, 7) is 3.03. The molecule has 30 heavy (non-hydrogen) atoms. The summed E-state index contributed by atoms with van der Waals surface area (Å²) < 4.78 is 11.4. The van der Waals surface area contributed by atoms with Crippen molar-refractivity contribution in [3.63, 3.8) is 0 Å². The van der Waals surface area contributed by atoms with Gasteiger partial charge in [-0.25, -0.2) is 0 Å². The predicted molar refractivity (Wildman–Crippen MR) is 116 cm³/mol. The Balaban J connectivity index is 1.80. The summed E-state index contributed by atoms with van der Waals surface area (Å²) in [7, 11) is 1.59. The van der Waals surface area contributed by atoms with Gasteiger partial charge in [-0.1, -0.05) is 43.2 Å². The predicted octanol–water partition coefficient (Wildman–Crippen LogP) is 4.60. The summed E-state index contributed by atoms with van der Waals surface area (Å²) in [6, 6.07) is 15.1. The van der Waals surface area contributed by atoms with Crippen LogP contribution in [-0.4, -0.2) is 41.8 Å². The van der Waals surface area contributed by atoms with E-state index in [0.717, 1.165) is 37.0 Å². The van der Waals surface area contributed by atoms with Crippen LogP contribution in [0.5, 0.6) is 11.5 Å². The van der Waals surface area contributed by atoms with Crippen LogP contribution < -0.4 is 9.47 Å². The number of piperidine rings is 1. The molecule has 2 aromatic carbocycles. The summed E-state index contributed by atoms with van der Waals surface area (Å²) in [5, 5.41) is 11.5. The maximum Gasteiger partial charge on any atom is 0.258 e. The maximum absolute atomic E-state index is 13.7. The molecule has 0 bridgehead atoms. The smallest absolute Gasteiger partial charge is 0.258 e. The largest absolute Gasteiger partial charge is 0.496 e. The average Bonchev–Trinajstić information content (AvgIpc) is 2.78. The third-order valence-corrected chi connectivity index (χ3v) is 6.70. The standard InChI is InChI=1S/C25H31NO4/c1-3-30-22-14-7-4-10-18(22)23-20-12-8-9-15-25(20,28)16-17-26(23)24(27)19-11-5-6-13-21(19)29-2/h4-7,10-11,13-14,20,23,28H,3,8-9,12,15-17H2,1-2H3/t20?,23-,25?/m0/s1. The van der Waals surface area contributed by atoms with Gasteiger partial charge in [-0.3, -0.25) is 4.79 Å². The number of carbonyl (C=O) groups is 1. The van der Waals surface area contributed by atoms with Gasteiger partial charge >= 0.3 is 0 Å². The van der Waals surface area contributed by atoms with Crippen LogP contribution >= 0.6 is 0 Å². The van der Waals surface area contributed by atoms with E-state index in [1.54, 1.807) is 7.11 Å². The lowest BCUT2D eigenvalue weighted by molar-refractivity contribution is -0.115. The van der Waals surface area contributed by atoms with Crippen molar-refractivity contribution in [1.82, 2.24) is 4.90 Å². The molecule has 1 N–H and O–H groups in total. The molecule has 0 radical (unpaired) electrons. The van der Waals surface area contributed by atoms with Crippen molar-refractivity contribution in [3.8, 4) is 11.5 Å². The summed E-state index contributed by atoms with van der Waals surface area (Å²) >= 11 is 0. The number of carbonyl (C=O) groups excluding carboxylic acids is 1. The highest BCUT2D eigenvalue weighted by molar-refractivity contribution is 5.97. The van der Waals surface area contributed by atoms with Gasteiger partial charge in [0.25, 0.3) is 5.91 Å². The first-order valence-corrected chi connectivity index (χ1v) is 11.0. The maximum atomic E-state index is 13.7. The highest BCUT2D eigenvalue weighted by Crippen LogP contribution is 2.51. The summed E-state index contributed by atoms with van der Waals surface area (Å²) in [6.07, 6.45) is 4.40. The molecule has 0 spiro atoms. The van der Waals surface area contributed by atoms with E-state index in [-0.39, 0.29) is 17.9 Å². The lowest BCUT2D eigenvalue weighted by Crippen LogP contribution is -2.56. The molecule has 1 amide bonds. The second-order valence-corrected chi connectivity index (χ2v) is 8.32. The Kier molecular flexibility index (Phi) is 6.00. The minimum Gasteiger partial charge on any atom is -0.496 e. The van der Waals surface area contributed by atoms with E-state index in [1.165, 1.54) is 0 Å². The fourth-order valence-corrected chi connectivity index (χ4v) is 5.28. The normalized spacial score (nSPS) is 26.0. The SMILES string of the molecule is CCOc1ccccc1[C@H]1C2CCCCC2(O)CCN1C(=O)c1ccccc1OC. The van der Waals surface area contributed by atoms with E-state index in [9.17, 15) is 9.90 Å². The molecule has 2 unspecified atom stereocenters. The van der Waals surface area contributed by atoms with E-state index in [2.05, 4.69) is 0 Å². The van der Waals surface area contributed by atoms with Crippen molar-refractivity contribution < 1.29 is 19.4 Å². The van der Waals surface area contributed by atoms with Crippen LogP contribution in [0.3, 0.4) is 0 Å². The van der Waals surface area contributed by atoms with Crippen LogP contribution in [0.15, 0.2) is 48.5 Å². The zero-order chi connectivity index (χ0) is 21.1. The van der Waals surface area contributed by atoms with Crippen LogP contribution in [0.1, 0.15) is 61.0 Å². The number of aliphatic hydroxyl groups is 1. The lowest BCUT2D eigenvalue weighted by atomic mass is 9.66. The molecule has 2 fully saturated rings. The van der Waals surface area contributed by atoms with Gasteiger partial charge in [0.15, 0.2) is 0 Å². The first-order chi connectivity index (χ1) is 14.6. The Bertz CT molecular complexity index is 898. The molecule has 3 atom stereocenters. The molecule has 1 saturated heterocycles. The van der Waals surface area contributed by atoms with Gasteiger partial charge < -0.3 is 19.5 Å². The molecule has 1 aliphatic heterocycles. The van der Waals surface area contributed by atoms with Gasteiger partial charge in [0.05, 0.1) is 30.9 Å². The fraction of sp³-hybridized carbons (Fsp3) is 0.480. The van der Waals surface area contributed by atoms with Crippen LogP contribution in [0.2, 0.25) is 0 Å². The van der Waals surface area contributed by atoms with Crippen molar-refractivity contribution in [2.45, 2.75) is 50.7 Å². The molecule has 2 aliphatic rings. The molecule has 2 aromatic rings. The first kappa shape index (κ1) is 20.7. The highest BCUT2D eigenvalue weighted by Gasteiger charge is 2.51. The van der Waals surface area contributed by atoms with Gasteiger partial charge in [-0.2, -0.15) is 0 Å². The number of fused-ring (bicyclic) bond motifs is 1. The minimum atomic E-state index is -0.736. The van der Waals surface area contributed by atoms with Gasteiger partial charge in [0, 0.05) is 18.0 Å². The Morgan fingerprint density at radius 1 is 1.10 bits per heavy atom. The molecule has 5 nitrogen and oxygen atoms in total. The molecule has 1 aliphatic carbocycles. The van der Waals surface area contributed by atoms with Gasteiger partial charge in [-0.05, 0) is 44.4 Å². The third-order valence-electron chi connectivity index (χ3n) is 6.70. The molecule has 4 rings (SSSR count). The molecule has 1 saturated carbocycles. The zero-order valence-corrected chi connectivity index (χ0v) is 17.8. The molecule has 160 valence electrons. The molecule has 1 heterocycles. The number of hydrogen-bond acceptors (Lipinski definition) is 4. The van der Waals surface area contributed by atoms with Crippen LogP contribution in [0, 0.1) is 5.92 Å². The second-order valence-electron chi connectivity index (χ2n) is 8.32. The number of hydrogen-bond donors (Lipinski definition) is 1. The summed E-state index contributed by atoms with van der Waals surface area (Å²) in [4.78, 5) is 15.7. The van der Waals surface area contributed by atoms with E-state index in [1.807, 2.05) is 60.4 Å². The highest BCUT2D eigenvalue weighted by atomic mass is 16.5. The lowest BCUT2D eigenvalue weighted by Gasteiger charge is -2.52. The Labute approximate surface area is 178 Å². The quantitative estimate of drug-likeness (QED) is 0.784. The van der Waals surface area contributed by atoms with E-state index in [0.29, 0.717) is 30.9 Å². The third kappa shape index (κ3) is 3.67. The van der Waals surface area contributed by atoms with Crippen LogP contribution in [-0.2, 0) is 0 Å². The zero-order valence-electron chi connectivity index (χ0n) is 17.8. The Morgan fingerprint density at radius 3 is 2.60 bits per heavy atom. The Morgan fingerprint density at radius 2 is 1.83 bits per heavy atom. The van der Waals surface area contributed by atoms with Gasteiger partial charge in [0.1, 0.15) is 11.5 Å². The van der Waals surface area contributed by atoms with Crippen molar-refractivity contribution >= 4 is 5.91 Å². The number of benzene rings is 2.